The molecule has 3 rings (SSSR count). The average molecular weight is 386 g/mol. The van der Waals surface area contributed by atoms with Gasteiger partial charge in [0.05, 0.1) is 6.54 Å². The smallest absolute Gasteiger partial charge is 0.269 e. The molecule has 1 unspecified atom stereocenters. The molecule has 152 valence electrons. The molecule has 1 atom stereocenters. The summed E-state index contributed by atoms with van der Waals surface area (Å²) in [5.74, 6) is 0.0700. The highest BCUT2D eigenvalue weighted by molar-refractivity contribution is 6.39. The zero-order valence-corrected chi connectivity index (χ0v) is 17.2. The fourth-order valence-electron chi connectivity index (χ4n) is 4.03. The fourth-order valence-corrected chi connectivity index (χ4v) is 4.03. The molecular formula is C22H31N3O3. The van der Waals surface area contributed by atoms with Gasteiger partial charge in [0.2, 0.25) is 5.91 Å². The second-order valence-corrected chi connectivity index (χ2v) is 8.03. The second kappa shape index (κ2) is 8.76. The number of likely N-dealkylation sites (tertiary alicyclic amines) is 1. The maximum absolute atomic E-state index is 12.8. The van der Waals surface area contributed by atoms with Crippen LogP contribution in [0.3, 0.4) is 0 Å². The zero-order valence-electron chi connectivity index (χ0n) is 17.2. The summed E-state index contributed by atoms with van der Waals surface area (Å²) in [5.41, 5.74) is 2.11. The van der Waals surface area contributed by atoms with Crippen molar-refractivity contribution in [2.75, 3.05) is 13.1 Å². The number of nitrogens with one attached hydrogen (secondary N) is 1. The zero-order chi connectivity index (χ0) is 20.1. The first kappa shape index (κ1) is 20.4. The van der Waals surface area contributed by atoms with Crippen molar-refractivity contribution in [3.63, 3.8) is 0 Å². The van der Waals surface area contributed by atoms with E-state index in [-0.39, 0.29) is 17.7 Å². The molecule has 1 aromatic rings. The third-order valence-corrected chi connectivity index (χ3v) is 5.86. The van der Waals surface area contributed by atoms with E-state index < -0.39 is 5.60 Å². The lowest BCUT2D eigenvalue weighted by atomic mass is 9.87. The fraction of sp³-hybridized carbons (Fsp3) is 0.591. The van der Waals surface area contributed by atoms with E-state index in [1.54, 1.807) is 0 Å². The molecule has 1 aromatic carbocycles. The molecule has 2 heterocycles. The van der Waals surface area contributed by atoms with Crippen LogP contribution < -0.4 is 5.32 Å². The highest BCUT2D eigenvalue weighted by Gasteiger charge is 2.46. The monoisotopic (exact) mass is 385 g/mol. The van der Waals surface area contributed by atoms with Crippen molar-refractivity contribution in [2.45, 2.75) is 65.0 Å². The van der Waals surface area contributed by atoms with Gasteiger partial charge in [0, 0.05) is 25.4 Å². The van der Waals surface area contributed by atoms with Crippen molar-refractivity contribution in [1.29, 1.82) is 0 Å². The van der Waals surface area contributed by atoms with Crippen LogP contribution in [0.15, 0.2) is 29.4 Å². The number of hydrogen-bond acceptors (Lipinski definition) is 4. The van der Waals surface area contributed by atoms with E-state index in [9.17, 15) is 9.59 Å². The first-order chi connectivity index (χ1) is 13.5. The summed E-state index contributed by atoms with van der Waals surface area (Å²) < 4.78 is 0. The Labute approximate surface area is 167 Å². The first-order valence-corrected chi connectivity index (χ1v) is 10.3. The predicted octanol–water partition coefficient (Wildman–Crippen LogP) is 3.18. The number of rotatable bonds is 6. The number of aryl methyl sites for hydroxylation is 1. The average Bonchev–Trinajstić information content (AvgIpc) is 3.11. The van der Waals surface area contributed by atoms with Crippen LogP contribution >= 0.6 is 0 Å². The molecule has 1 N–H and O–H groups in total. The molecule has 1 saturated heterocycles. The van der Waals surface area contributed by atoms with Crippen LogP contribution in [-0.4, -0.2) is 41.1 Å². The highest BCUT2D eigenvalue weighted by Crippen LogP contribution is 2.34. The Hall–Kier alpha value is -2.37. The van der Waals surface area contributed by atoms with Crippen LogP contribution in [0.1, 0.15) is 57.1 Å². The summed E-state index contributed by atoms with van der Waals surface area (Å²) in [6, 6.07) is 8.07. The number of benzene rings is 1. The molecule has 2 aliphatic rings. The number of carbonyl (C=O) groups excluding carboxylic acids is 2. The predicted molar refractivity (Wildman–Crippen MR) is 109 cm³/mol. The van der Waals surface area contributed by atoms with Crippen molar-refractivity contribution in [2.24, 2.45) is 11.1 Å². The minimum atomic E-state index is -0.545. The lowest BCUT2D eigenvalue weighted by molar-refractivity contribution is -0.145. The van der Waals surface area contributed by atoms with E-state index in [0.29, 0.717) is 25.2 Å². The van der Waals surface area contributed by atoms with Crippen molar-refractivity contribution in [3.05, 3.63) is 35.4 Å². The van der Waals surface area contributed by atoms with Crippen LogP contribution in [-0.2, 0) is 21.0 Å². The van der Waals surface area contributed by atoms with Gasteiger partial charge in [-0.1, -0.05) is 48.8 Å². The van der Waals surface area contributed by atoms with Crippen LogP contribution in [0.4, 0.5) is 0 Å². The van der Waals surface area contributed by atoms with Gasteiger partial charge in [-0.2, -0.15) is 0 Å². The number of amides is 2. The molecule has 0 bridgehead atoms. The first-order valence-electron chi connectivity index (χ1n) is 10.3. The molecule has 6 nitrogen and oxygen atoms in total. The molecule has 2 aliphatic heterocycles. The maximum Gasteiger partial charge on any atom is 0.269 e. The molecule has 0 aromatic heterocycles. The molecule has 1 fully saturated rings. The lowest BCUT2D eigenvalue weighted by Gasteiger charge is -2.39. The third kappa shape index (κ3) is 4.54. The Morgan fingerprint density at radius 3 is 2.64 bits per heavy atom. The molecule has 0 aliphatic carbocycles. The summed E-state index contributed by atoms with van der Waals surface area (Å²) in [7, 11) is 0. The standard InChI is InChI=1S/C22H31N3O3/c1-4-18(5-2)21(27)25-12-6-11-22(15-25)13-19(24-28-22)20(26)23-14-17-9-7-16(3)8-10-17/h7-10,18H,4-6,11-15H2,1-3H3,(H,23,26). The van der Waals surface area contributed by atoms with Gasteiger partial charge in [-0.25, -0.2) is 0 Å². The lowest BCUT2D eigenvalue weighted by Crippen LogP contribution is -2.52. The van der Waals surface area contributed by atoms with Crippen LogP contribution in [0.5, 0.6) is 0 Å². The summed E-state index contributed by atoms with van der Waals surface area (Å²) in [6.45, 7) is 7.88. The molecule has 0 radical (unpaired) electrons. The van der Waals surface area contributed by atoms with Crippen molar-refractivity contribution < 1.29 is 14.4 Å². The SMILES string of the molecule is CCC(CC)C(=O)N1CCCC2(CC(C(=O)NCc3ccc(C)cc3)=NO2)C1. The van der Waals surface area contributed by atoms with Gasteiger partial charge < -0.3 is 15.1 Å². The quantitative estimate of drug-likeness (QED) is 0.817. The number of nitrogens with zero attached hydrogens (tertiary/aromatic N) is 2. The van der Waals surface area contributed by atoms with Gasteiger partial charge in [-0.05, 0) is 38.2 Å². The molecule has 28 heavy (non-hydrogen) atoms. The topological polar surface area (TPSA) is 71.0 Å². The van der Waals surface area contributed by atoms with E-state index in [0.717, 1.165) is 37.8 Å². The number of carbonyl (C=O) groups is 2. The molecular weight excluding hydrogens is 354 g/mol. The van der Waals surface area contributed by atoms with Gasteiger partial charge in [0.15, 0.2) is 5.60 Å². The molecule has 6 heteroatoms. The van der Waals surface area contributed by atoms with Gasteiger partial charge in [-0.15, -0.1) is 0 Å². The van der Waals surface area contributed by atoms with Gasteiger partial charge in [-0.3, -0.25) is 9.59 Å². The number of oxime groups is 1. The van der Waals surface area contributed by atoms with Gasteiger partial charge in [0.25, 0.3) is 5.91 Å². The van der Waals surface area contributed by atoms with Gasteiger partial charge in [0.1, 0.15) is 5.71 Å². The molecule has 0 saturated carbocycles. The summed E-state index contributed by atoms with van der Waals surface area (Å²) in [5, 5.41) is 7.01. The van der Waals surface area contributed by atoms with Crippen molar-refractivity contribution in [3.8, 4) is 0 Å². The Kier molecular flexibility index (Phi) is 6.37. The van der Waals surface area contributed by atoms with E-state index in [4.69, 9.17) is 4.84 Å². The van der Waals surface area contributed by atoms with Crippen LogP contribution in [0, 0.1) is 12.8 Å². The normalized spacial score (nSPS) is 21.6. The Morgan fingerprint density at radius 1 is 1.25 bits per heavy atom. The van der Waals surface area contributed by atoms with Crippen LogP contribution in [0.25, 0.3) is 0 Å². The molecule has 2 amide bonds. The Bertz CT molecular complexity index is 740. The summed E-state index contributed by atoms with van der Waals surface area (Å²) in [4.78, 5) is 32.9. The van der Waals surface area contributed by atoms with E-state index in [1.807, 2.05) is 36.1 Å². The van der Waals surface area contributed by atoms with Crippen molar-refractivity contribution in [1.82, 2.24) is 10.2 Å². The minimum absolute atomic E-state index is 0.0646. The number of hydrogen-bond donors (Lipinski definition) is 1. The van der Waals surface area contributed by atoms with Gasteiger partial charge >= 0.3 is 0 Å². The minimum Gasteiger partial charge on any atom is -0.386 e. The largest absolute Gasteiger partial charge is 0.386 e. The van der Waals surface area contributed by atoms with E-state index in [2.05, 4.69) is 24.3 Å². The van der Waals surface area contributed by atoms with E-state index in [1.165, 1.54) is 5.56 Å². The Morgan fingerprint density at radius 2 is 1.96 bits per heavy atom. The third-order valence-electron chi connectivity index (χ3n) is 5.86. The second-order valence-electron chi connectivity index (χ2n) is 8.03. The summed E-state index contributed by atoms with van der Waals surface area (Å²) in [6.07, 6.45) is 3.85. The van der Waals surface area contributed by atoms with E-state index >= 15 is 0 Å². The van der Waals surface area contributed by atoms with Crippen LogP contribution in [0.2, 0.25) is 0 Å². The number of piperidine rings is 1. The Balaban J connectivity index is 1.56. The molecule has 1 spiro atoms. The summed E-state index contributed by atoms with van der Waals surface area (Å²) >= 11 is 0. The van der Waals surface area contributed by atoms with Crippen molar-refractivity contribution >= 4 is 17.5 Å². The maximum atomic E-state index is 12.8. The highest BCUT2D eigenvalue weighted by atomic mass is 16.7.